The molecule has 0 aromatic heterocycles. The second kappa shape index (κ2) is 6.31. The Kier molecular flexibility index (Phi) is 4.99. The Morgan fingerprint density at radius 2 is 1.89 bits per heavy atom. The summed E-state index contributed by atoms with van der Waals surface area (Å²) in [7, 11) is 0. The van der Waals surface area contributed by atoms with Gasteiger partial charge in [0.2, 0.25) is 5.92 Å². The van der Waals surface area contributed by atoms with Crippen molar-refractivity contribution in [3.05, 3.63) is 0 Å². The van der Waals surface area contributed by atoms with E-state index in [-0.39, 0.29) is 18.8 Å². The van der Waals surface area contributed by atoms with E-state index in [0.29, 0.717) is 12.5 Å². The first-order chi connectivity index (χ1) is 8.61. The highest BCUT2D eigenvalue weighted by Crippen LogP contribution is 2.42. The van der Waals surface area contributed by atoms with Gasteiger partial charge < -0.3 is 5.32 Å². The molecule has 0 aliphatic heterocycles. The van der Waals surface area contributed by atoms with Crippen molar-refractivity contribution in [1.29, 1.82) is 0 Å². The third-order valence-electron chi connectivity index (χ3n) is 4.79. The van der Waals surface area contributed by atoms with E-state index in [1.54, 1.807) is 0 Å². The van der Waals surface area contributed by atoms with Crippen LogP contribution in [0.2, 0.25) is 0 Å². The van der Waals surface area contributed by atoms with Crippen molar-refractivity contribution in [3.8, 4) is 0 Å². The van der Waals surface area contributed by atoms with Crippen molar-refractivity contribution in [2.45, 2.75) is 76.7 Å². The van der Waals surface area contributed by atoms with Gasteiger partial charge in [-0.3, -0.25) is 0 Å². The predicted octanol–water partition coefficient (Wildman–Crippen LogP) is 4.37. The van der Waals surface area contributed by atoms with Gasteiger partial charge in [0.25, 0.3) is 0 Å². The third kappa shape index (κ3) is 3.91. The van der Waals surface area contributed by atoms with Crippen molar-refractivity contribution >= 4 is 0 Å². The van der Waals surface area contributed by atoms with Gasteiger partial charge in [0.1, 0.15) is 0 Å². The van der Waals surface area contributed by atoms with Crippen LogP contribution in [-0.4, -0.2) is 18.5 Å². The molecule has 106 valence electrons. The standard InChI is InChI=1S/C15H27F2N/c1-2-18-14(10-12-6-4-3-5-7-12)13-8-9-15(16,17)11-13/h12-14,18H,2-11H2,1H3. The van der Waals surface area contributed by atoms with Gasteiger partial charge in [-0.15, -0.1) is 0 Å². The summed E-state index contributed by atoms with van der Waals surface area (Å²) in [6.45, 7) is 2.99. The molecule has 1 nitrogen and oxygen atoms in total. The van der Waals surface area contributed by atoms with E-state index in [4.69, 9.17) is 0 Å². The molecule has 2 aliphatic carbocycles. The van der Waals surface area contributed by atoms with E-state index in [2.05, 4.69) is 12.2 Å². The molecular formula is C15H27F2N. The van der Waals surface area contributed by atoms with E-state index < -0.39 is 5.92 Å². The minimum atomic E-state index is -2.40. The molecular weight excluding hydrogens is 232 g/mol. The maximum absolute atomic E-state index is 13.3. The molecule has 3 heteroatoms. The number of rotatable bonds is 5. The topological polar surface area (TPSA) is 12.0 Å². The number of nitrogens with one attached hydrogen (secondary N) is 1. The fourth-order valence-electron chi connectivity index (χ4n) is 3.81. The van der Waals surface area contributed by atoms with Crippen LogP contribution in [0.5, 0.6) is 0 Å². The molecule has 0 spiro atoms. The Bertz CT molecular complexity index is 249. The number of alkyl halides is 2. The lowest BCUT2D eigenvalue weighted by atomic mass is 9.81. The van der Waals surface area contributed by atoms with E-state index in [1.165, 1.54) is 32.1 Å². The van der Waals surface area contributed by atoms with Crippen LogP contribution >= 0.6 is 0 Å². The first-order valence-corrected chi connectivity index (χ1v) is 7.72. The molecule has 0 heterocycles. The molecule has 2 fully saturated rings. The number of hydrogen-bond donors (Lipinski definition) is 1. The van der Waals surface area contributed by atoms with Crippen LogP contribution in [0.3, 0.4) is 0 Å². The van der Waals surface area contributed by atoms with Gasteiger partial charge in [-0.1, -0.05) is 39.0 Å². The molecule has 0 amide bonds. The van der Waals surface area contributed by atoms with Crippen molar-refractivity contribution in [2.24, 2.45) is 11.8 Å². The summed E-state index contributed by atoms with van der Waals surface area (Å²) in [6.07, 6.45) is 8.70. The summed E-state index contributed by atoms with van der Waals surface area (Å²) in [5.74, 6) is -1.43. The predicted molar refractivity (Wildman–Crippen MR) is 70.9 cm³/mol. The second-order valence-electron chi connectivity index (χ2n) is 6.26. The lowest BCUT2D eigenvalue weighted by Gasteiger charge is -2.30. The number of halogens is 2. The molecule has 18 heavy (non-hydrogen) atoms. The zero-order valence-corrected chi connectivity index (χ0v) is 11.6. The maximum Gasteiger partial charge on any atom is 0.248 e. The average Bonchev–Trinajstić information content (AvgIpc) is 2.70. The second-order valence-corrected chi connectivity index (χ2v) is 6.26. The maximum atomic E-state index is 13.3. The molecule has 2 rings (SSSR count). The average molecular weight is 259 g/mol. The molecule has 0 saturated heterocycles. The quantitative estimate of drug-likeness (QED) is 0.773. The first kappa shape index (κ1) is 14.2. The lowest BCUT2D eigenvalue weighted by Crippen LogP contribution is -2.37. The summed E-state index contributed by atoms with van der Waals surface area (Å²) >= 11 is 0. The monoisotopic (exact) mass is 259 g/mol. The highest BCUT2D eigenvalue weighted by Gasteiger charge is 2.42. The highest BCUT2D eigenvalue weighted by atomic mass is 19.3. The van der Waals surface area contributed by atoms with Crippen LogP contribution in [-0.2, 0) is 0 Å². The van der Waals surface area contributed by atoms with Gasteiger partial charge in [0.05, 0.1) is 0 Å². The molecule has 2 unspecified atom stereocenters. The molecule has 0 bridgehead atoms. The normalized spacial score (nSPS) is 30.5. The van der Waals surface area contributed by atoms with Gasteiger partial charge in [0, 0.05) is 18.9 Å². The van der Waals surface area contributed by atoms with Crippen LogP contribution in [0.1, 0.15) is 64.7 Å². The van der Waals surface area contributed by atoms with Gasteiger partial charge >= 0.3 is 0 Å². The largest absolute Gasteiger partial charge is 0.314 e. The first-order valence-electron chi connectivity index (χ1n) is 7.72. The Hall–Kier alpha value is -0.180. The summed E-state index contributed by atoms with van der Waals surface area (Å²) in [5.41, 5.74) is 0. The van der Waals surface area contributed by atoms with Gasteiger partial charge in [-0.25, -0.2) is 8.78 Å². The molecule has 2 atom stereocenters. The summed E-state index contributed by atoms with van der Waals surface area (Å²) in [4.78, 5) is 0. The Labute approximate surface area is 110 Å². The zero-order chi connectivity index (χ0) is 13.0. The van der Waals surface area contributed by atoms with Crippen LogP contribution in [0.15, 0.2) is 0 Å². The smallest absolute Gasteiger partial charge is 0.248 e. The molecule has 0 radical (unpaired) electrons. The SMILES string of the molecule is CCNC(CC1CCCCC1)C1CCC(F)(F)C1. The van der Waals surface area contributed by atoms with Crippen LogP contribution in [0.25, 0.3) is 0 Å². The van der Waals surface area contributed by atoms with Gasteiger partial charge in [0.15, 0.2) is 0 Å². The summed E-state index contributed by atoms with van der Waals surface area (Å²) in [5, 5.41) is 3.48. The molecule has 0 aromatic rings. The van der Waals surface area contributed by atoms with E-state index in [0.717, 1.165) is 18.9 Å². The van der Waals surface area contributed by atoms with Crippen LogP contribution in [0, 0.1) is 11.8 Å². The minimum Gasteiger partial charge on any atom is -0.314 e. The fourth-order valence-corrected chi connectivity index (χ4v) is 3.81. The molecule has 2 saturated carbocycles. The zero-order valence-electron chi connectivity index (χ0n) is 11.6. The Morgan fingerprint density at radius 3 is 2.44 bits per heavy atom. The van der Waals surface area contributed by atoms with Crippen molar-refractivity contribution in [1.82, 2.24) is 5.32 Å². The van der Waals surface area contributed by atoms with Gasteiger partial charge in [-0.05, 0) is 31.2 Å². The fraction of sp³-hybridized carbons (Fsp3) is 1.00. The van der Waals surface area contributed by atoms with Crippen molar-refractivity contribution in [3.63, 3.8) is 0 Å². The summed E-state index contributed by atoms with van der Waals surface area (Å²) in [6, 6.07) is 0.325. The molecule has 1 N–H and O–H groups in total. The molecule has 0 aromatic carbocycles. The van der Waals surface area contributed by atoms with Crippen LogP contribution < -0.4 is 5.32 Å². The van der Waals surface area contributed by atoms with Crippen molar-refractivity contribution < 1.29 is 8.78 Å². The third-order valence-corrected chi connectivity index (χ3v) is 4.79. The van der Waals surface area contributed by atoms with Gasteiger partial charge in [-0.2, -0.15) is 0 Å². The van der Waals surface area contributed by atoms with Crippen LogP contribution in [0.4, 0.5) is 8.78 Å². The minimum absolute atomic E-state index is 0.101. The number of hydrogen-bond acceptors (Lipinski definition) is 1. The Morgan fingerprint density at radius 1 is 1.17 bits per heavy atom. The Balaban J connectivity index is 1.87. The molecule has 2 aliphatic rings. The van der Waals surface area contributed by atoms with Crippen molar-refractivity contribution in [2.75, 3.05) is 6.54 Å². The summed E-state index contributed by atoms with van der Waals surface area (Å²) < 4.78 is 26.7. The van der Waals surface area contributed by atoms with E-state index in [1.807, 2.05) is 0 Å². The van der Waals surface area contributed by atoms with E-state index >= 15 is 0 Å². The lowest BCUT2D eigenvalue weighted by molar-refractivity contribution is 0.00275. The van der Waals surface area contributed by atoms with E-state index in [9.17, 15) is 8.78 Å². The highest BCUT2D eigenvalue weighted by molar-refractivity contribution is 4.89.